The van der Waals surface area contributed by atoms with Crippen molar-refractivity contribution in [3.8, 4) is 11.1 Å². The molecule has 2 unspecified atom stereocenters. The molecule has 0 radical (unpaired) electrons. The van der Waals surface area contributed by atoms with Crippen LogP contribution in [0, 0.1) is 5.82 Å². The molecule has 256 valence electrons. The molecule has 2 N–H and O–H groups in total. The Morgan fingerprint density at radius 3 is 2.13 bits per heavy atom. The summed E-state index contributed by atoms with van der Waals surface area (Å²) in [6.45, 7) is 13.2. The van der Waals surface area contributed by atoms with Gasteiger partial charge < -0.3 is 19.1 Å². The second-order valence-corrected chi connectivity index (χ2v) is 18.4. The lowest BCUT2D eigenvalue weighted by atomic mass is 9.87. The molecule has 0 aliphatic carbocycles. The highest BCUT2D eigenvalue weighted by atomic mass is 32.2. The van der Waals surface area contributed by atoms with Gasteiger partial charge in [0.1, 0.15) is 10.6 Å². The normalized spacial score (nSPS) is 14.0. The molecule has 0 spiro atoms. The number of sulfone groups is 1. The Morgan fingerprint density at radius 1 is 1.02 bits per heavy atom. The van der Waals surface area contributed by atoms with E-state index in [-0.39, 0.29) is 16.7 Å². The molecule has 1 aromatic heterocycles. The van der Waals surface area contributed by atoms with Crippen molar-refractivity contribution < 1.29 is 32.1 Å². The van der Waals surface area contributed by atoms with Crippen molar-refractivity contribution >= 4 is 33.1 Å². The summed E-state index contributed by atoms with van der Waals surface area (Å²) >= 11 is -1.52. The van der Waals surface area contributed by atoms with Crippen LogP contribution in [0.5, 0.6) is 0 Å². The minimum atomic E-state index is -4.05. The van der Waals surface area contributed by atoms with E-state index in [9.17, 15) is 36.9 Å². The molecule has 13 heteroatoms. The zero-order valence-electron chi connectivity index (χ0n) is 28.5. The number of hydrogen-bond acceptors (Lipinski definition) is 7. The van der Waals surface area contributed by atoms with Crippen molar-refractivity contribution in [3.63, 3.8) is 0 Å². The van der Waals surface area contributed by atoms with Crippen LogP contribution in [0.3, 0.4) is 0 Å². The maximum absolute atomic E-state index is 14.0. The molecule has 2 aromatic carbocycles. The third-order valence-corrected chi connectivity index (χ3v) is 13.0. The summed E-state index contributed by atoms with van der Waals surface area (Å²) < 4.78 is 57.0. The minimum Gasteiger partial charge on any atom is -0.598 e. The van der Waals surface area contributed by atoms with Crippen molar-refractivity contribution in [1.82, 2.24) is 14.2 Å². The molecule has 0 saturated heterocycles. The number of halogens is 1. The van der Waals surface area contributed by atoms with Crippen LogP contribution in [0.4, 0.5) is 9.18 Å². The first kappa shape index (κ1) is 37.9. The molecule has 0 fully saturated rings. The van der Waals surface area contributed by atoms with Gasteiger partial charge in [-0.1, -0.05) is 12.1 Å². The van der Waals surface area contributed by atoms with E-state index < -0.39 is 65.7 Å². The molecule has 1 heterocycles. The van der Waals surface area contributed by atoms with Crippen molar-refractivity contribution in [1.29, 1.82) is 0 Å². The van der Waals surface area contributed by atoms with Gasteiger partial charge in [-0.25, -0.2) is 17.6 Å². The SMILES string of the molecule is CC(N[S+]([O-])C(C)(C)C)c1cc(=O)n(C)cc1-c1cc(C(C)(C)S(=O)(=O)CC(C)(C)N(C)C(=O)O)ccc1C(=O)c1ccc(F)cc1. The number of amides is 1. The molecule has 3 rings (SSSR count). The smallest absolute Gasteiger partial charge is 0.407 e. The Kier molecular flexibility index (Phi) is 10.9. The van der Waals surface area contributed by atoms with E-state index in [1.165, 1.54) is 69.6 Å². The Bertz CT molecular complexity index is 1830. The third kappa shape index (κ3) is 8.14. The number of rotatable bonds is 11. The summed E-state index contributed by atoms with van der Waals surface area (Å²) in [6, 6.07) is 10.4. The number of nitrogens with zero attached hydrogens (tertiary/aromatic N) is 2. The first-order chi connectivity index (χ1) is 21.4. The van der Waals surface area contributed by atoms with Gasteiger partial charge in [-0.3, -0.25) is 9.59 Å². The standard InChI is InChI=1S/C34H44FN3O7S2/c1-21(36-46(43)32(2,3)4)26-18-29(39)37(9)19-28(26)27-17-23(13-16-25(27)30(40)22-11-14-24(35)15-12-22)34(7,8)47(44,45)20-33(5,6)38(10)31(41)42/h11-19,21,36H,20H2,1-10H3,(H,41,42). The van der Waals surface area contributed by atoms with Gasteiger partial charge >= 0.3 is 6.09 Å². The van der Waals surface area contributed by atoms with Gasteiger partial charge in [0, 0.05) is 54.4 Å². The second kappa shape index (κ2) is 13.5. The molecule has 0 aliphatic rings. The second-order valence-electron chi connectivity index (χ2n) is 13.8. The van der Waals surface area contributed by atoms with Crippen LogP contribution in [0.25, 0.3) is 11.1 Å². The number of benzene rings is 2. The highest BCUT2D eigenvalue weighted by molar-refractivity contribution is 7.92. The van der Waals surface area contributed by atoms with E-state index in [2.05, 4.69) is 4.72 Å². The fourth-order valence-electron chi connectivity index (χ4n) is 4.91. The minimum absolute atomic E-state index is 0.170. The van der Waals surface area contributed by atoms with Crippen molar-refractivity contribution in [2.75, 3.05) is 12.8 Å². The van der Waals surface area contributed by atoms with Crippen LogP contribution >= 0.6 is 0 Å². The number of carboxylic acid groups (broad SMARTS) is 1. The maximum atomic E-state index is 14.0. The summed E-state index contributed by atoms with van der Waals surface area (Å²) in [6.07, 6.45) is 0.273. The summed E-state index contributed by atoms with van der Waals surface area (Å²) in [4.78, 5) is 39.5. The monoisotopic (exact) mass is 689 g/mol. The fraction of sp³-hybridized carbons (Fsp3) is 0.441. The van der Waals surface area contributed by atoms with Gasteiger partial charge in [0.15, 0.2) is 15.6 Å². The highest BCUT2D eigenvalue weighted by Crippen LogP contribution is 2.39. The number of hydrogen-bond donors (Lipinski definition) is 2. The number of aromatic nitrogens is 1. The predicted molar refractivity (Wildman–Crippen MR) is 183 cm³/mol. The zero-order chi connectivity index (χ0) is 35.9. The molecular formula is C34H44FN3O7S2. The topological polar surface area (TPSA) is 149 Å². The first-order valence-corrected chi connectivity index (χ1v) is 17.7. The number of carbonyl (C=O) groups is 2. The summed E-state index contributed by atoms with van der Waals surface area (Å²) in [5.74, 6) is -1.48. The lowest BCUT2D eigenvalue weighted by molar-refractivity contribution is 0.103. The summed E-state index contributed by atoms with van der Waals surface area (Å²) in [5, 5.41) is 9.53. The Morgan fingerprint density at radius 2 is 1.60 bits per heavy atom. The Hall–Kier alpha value is -3.52. The number of pyridine rings is 1. The number of ketones is 1. The van der Waals surface area contributed by atoms with E-state index in [0.717, 1.165) is 17.0 Å². The van der Waals surface area contributed by atoms with Crippen LogP contribution in [0.1, 0.15) is 88.5 Å². The third-order valence-electron chi connectivity index (χ3n) is 8.44. The highest BCUT2D eigenvalue weighted by Gasteiger charge is 2.43. The quantitative estimate of drug-likeness (QED) is 0.196. The first-order valence-electron chi connectivity index (χ1n) is 14.9. The number of carbonyl (C=O) groups excluding carboxylic acids is 1. The fourth-order valence-corrected chi connectivity index (χ4v) is 7.68. The molecule has 0 aliphatic heterocycles. The van der Waals surface area contributed by atoms with Crippen LogP contribution in [-0.4, -0.2) is 62.5 Å². The molecule has 3 aromatic rings. The van der Waals surface area contributed by atoms with Crippen LogP contribution in [0.15, 0.2) is 59.5 Å². The van der Waals surface area contributed by atoms with Gasteiger partial charge in [0.25, 0.3) is 5.56 Å². The lowest BCUT2D eigenvalue weighted by Gasteiger charge is -2.36. The molecule has 10 nitrogen and oxygen atoms in total. The molecule has 1 amide bonds. The largest absolute Gasteiger partial charge is 0.598 e. The number of aryl methyl sites for hydroxylation is 1. The van der Waals surface area contributed by atoms with Gasteiger partial charge in [-0.05, 0) is 102 Å². The van der Waals surface area contributed by atoms with Crippen LogP contribution in [-0.2, 0) is 33.0 Å². The van der Waals surface area contributed by atoms with E-state index in [4.69, 9.17) is 0 Å². The summed E-state index contributed by atoms with van der Waals surface area (Å²) in [5.41, 5.74) is 0.219. The number of nitrogens with one attached hydrogen (secondary N) is 1. The average Bonchev–Trinajstić information content (AvgIpc) is 2.96. The van der Waals surface area contributed by atoms with Crippen molar-refractivity contribution in [2.24, 2.45) is 7.05 Å². The molecule has 2 atom stereocenters. The van der Waals surface area contributed by atoms with Crippen LogP contribution in [0.2, 0.25) is 0 Å². The van der Waals surface area contributed by atoms with E-state index >= 15 is 0 Å². The van der Waals surface area contributed by atoms with Crippen molar-refractivity contribution in [3.05, 3.63) is 93.2 Å². The van der Waals surface area contributed by atoms with Gasteiger partial charge in [-0.2, -0.15) is 0 Å². The van der Waals surface area contributed by atoms with Gasteiger partial charge in [-0.15, -0.1) is 4.72 Å². The van der Waals surface area contributed by atoms with E-state index in [1.807, 2.05) is 0 Å². The zero-order valence-corrected chi connectivity index (χ0v) is 30.1. The van der Waals surface area contributed by atoms with Gasteiger partial charge in [0.05, 0.1) is 22.1 Å². The van der Waals surface area contributed by atoms with E-state index in [0.29, 0.717) is 22.3 Å². The lowest BCUT2D eigenvalue weighted by Crippen LogP contribution is -2.51. The average molecular weight is 690 g/mol. The van der Waals surface area contributed by atoms with Crippen LogP contribution < -0.4 is 10.3 Å². The maximum Gasteiger partial charge on any atom is 0.407 e. The molecule has 0 saturated carbocycles. The van der Waals surface area contributed by atoms with Gasteiger partial charge in [0.2, 0.25) is 0 Å². The predicted octanol–water partition coefficient (Wildman–Crippen LogP) is 5.57. The van der Waals surface area contributed by atoms with Crippen molar-refractivity contribution in [2.45, 2.75) is 76.5 Å². The molecule has 0 bridgehead atoms. The molecular weight excluding hydrogens is 646 g/mol. The Labute approximate surface area is 279 Å². The summed E-state index contributed by atoms with van der Waals surface area (Å²) in [7, 11) is -1.20. The Balaban J connectivity index is 2.33. The van der Waals surface area contributed by atoms with E-state index in [1.54, 1.807) is 47.0 Å². The molecule has 47 heavy (non-hydrogen) atoms.